The average Bonchev–Trinajstić information content (AvgIpc) is 3.49. The number of anilines is 1. The van der Waals surface area contributed by atoms with Crippen molar-refractivity contribution in [1.82, 2.24) is 9.78 Å². The number of halogens is 1. The molecule has 11 heteroatoms. The first kappa shape index (κ1) is 20.4. The van der Waals surface area contributed by atoms with E-state index in [-0.39, 0.29) is 29.3 Å². The van der Waals surface area contributed by atoms with Gasteiger partial charge in [0.05, 0.1) is 12.7 Å². The van der Waals surface area contributed by atoms with Gasteiger partial charge in [-0.25, -0.2) is 23.2 Å². The first-order valence-corrected chi connectivity index (χ1v) is 11.9. The molecular weight excluding hydrogens is 425 g/mol. The van der Waals surface area contributed by atoms with Gasteiger partial charge in [0, 0.05) is 12.8 Å². The number of urea groups is 1. The Morgan fingerprint density at radius 1 is 1.29 bits per heavy atom. The van der Waals surface area contributed by atoms with Crippen LogP contribution >= 0.6 is 0 Å². The van der Waals surface area contributed by atoms with E-state index in [0.29, 0.717) is 49.0 Å². The molecule has 0 saturated carbocycles. The van der Waals surface area contributed by atoms with Gasteiger partial charge in [-0.3, -0.25) is 0 Å². The molecule has 0 fully saturated rings. The van der Waals surface area contributed by atoms with Crippen molar-refractivity contribution in [3.8, 4) is 5.88 Å². The molecule has 0 unspecified atom stereocenters. The zero-order valence-corrected chi connectivity index (χ0v) is 18.0. The monoisotopic (exact) mass is 449 g/mol. The lowest BCUT2D eigenvalue weighted by atomic mass is 9.98. The maximum atomic E-state index is 14.8. The minimum absolute atomic E-state index is 0.0618. The van der Waals surface area contributed by atoms with Crippen LogP contribution in [0, 0.1) is 5.82 Å². The number of hydrogen-bond donors (Lipinski definition) is 2. The molecule has 2 aromatic rings. The number of hydrogen-bond acceptors (Lipinski definition) is 5. The fourth-order valence-corrected chi connectivity index (χ4v) is 5.74. The molecule has 2 amide bonds. The quantitative estimate of drug-likeness (QED) is 0.745. The van der Waals surface area contributed by atoms with Crippen molar-refractivity contribution in [1.29, 1.82) is 0 Å². The van der Waals surface area contributed by atoms with Gasteiger partial charge in [-0.1, -0.05) is 0 Å². The molecule has 2 aliphatic carbocycles. The Morgan fingerprint density at radius 2 is 1.94 bits per heavy atom. The molecule has 2 heterocycles. The van der Waals surface area contributed by atoms with E-state index in [1.54, 1.807) is 7.11 Å². The lowest BCUT2D eigenvalue weighted by Gasteiger charge is -2.23. The van der Waals surface area contributed by atoms with Crippen molar-refractivity contribution in [2.75, 3.05) is 19.0 Å². The summed E-state index contributed by atoms with van der Waals surface area (Å²) in [4.78, 5) is 12.8. The van der Waals surface area contributed by atoms with Gasteiger partial charge in [-0.2, -0.15) is 5.10 Å². The van der Waals surface area contributed by atoms with Gasteiger partial charge >= 0.3 is 6.03 Å². The number of ether oxygens (including phenoxy) is 2. The fourth-order valence-electron chi connectivity index (χ4n) is 4.73. The zero-order valence-electron chi connectivity index (χ0n) is 17.1. The Hall–Kier alpha value is -2.50. The summed E-state index contributed by atoms with van der Waals surface area (Å²) in [5.74, 6) is 0.0940. The molecule has 1 aromatic heterocycles. The molecule has 3 N–H and O–H groups in total. The first-order chi connectivity index (χ1) is 14.9. The molecule has 3 aliphatic rings. The predicted octanol–water partition coefficient (Wildman–Crippen LogP) is 2.34. The van der Waals surface area contributed by atoms with E-state index in [2.05, 4.69) is 14.8 Å². The third-order valence-electron chi connectivity index (χ3n) is 6.21. The minimum Gasteiger partial charge on any atom is -0.474 e. The SMILES string of the molecule is CO[C@@H]1COc2c([S@@](N)(=O)=NC(=O)Nc3c4c(c(F)c5c3CCC5)CCC4)cnn2C1. The maximum Gasteiger partial charge on any atom is 0.354 e. The molecule has 0 saturated heterocycles. The lowest BCUT2D eigenvalue weighted by molar-refractivity contribution is 0.0165. The van der Waals surface area contributed by atoms with Crippen molar-refractivity contribution in [3.63, 3.8) is 0 Å². The van der Waals surface area contributed by atoms with Crippen LogP contribution in [0.1, 0.15) is 35.1 Å². The summed E-state index contributed by atoms with van der Waals surface area (Å²) in [6.07, 6.45) is 5.50. The maximum absolute atomic E-state index is 14.8. The largest absolute Gasteiger partial charge is 0.474 e. The highest BCUT2D eigenvalue weighted by Crippen LogP contribution is 2.41. The van der Waals surface area contributed by atoms with Gasteiger partial charge in [0.1, 0.15) is 23.4 Å². The van der Waals surface area contributed by atoms with E-state index in [0.717, 1.165) is 24.0 Å². The second-order valence-corrected chi connectivity index (χ2v) is 9.82. The van der Waals surface area contributed by atoms with Gasteiger partial charge in [0.25, 0.3) is 0 Å². The van der Waals surface area contributed by atoms with Crippen molar-refractivity contribution in [2.24, 2.45) is 9.50 Å². The van der Waals surface area contributed by atoms with E-state index in [1.165, 1.54) is 10.9 Å². The topological polar surface area (TPSA) is 121 Å². The average molecular weight is 450 g/mol. The Labute approximate surface area is 179 Å². The number of carbonyl (C=O) groups is 1. The number of fused-ring (bicyclic) bond motifs is 3. The number of benzene rings is 1. The van der Waals surface area contributed by atoms with Crippen LogP contribution in [0.3, 0.4) is 0 Å². The second kappa shape index (κ2) is 7.57. The standard InChI is InChI=1S/C20H24FN5O4S/c1-29-11-9-26-19(30-10-11)16(8-23-26)31(22,28)25-20(27)24-18-14-6-2-4-12(14)17(21)13-5-3-7-15(13)18/h8,11H,2-7,9-10H2,1H3,(H3,22,24,25,27,28)/t11-,31-/m0/s1. The molecule has 5 rings (SSSR count). The Bertz CT molecular complexity index is 1170. The molecule has 1 aliphatic heterocycles. The number of carbonyl (C=O) groups excluding carboxylic acids is 1. The second-order valence-electron chi connectivity index (χ2n) is 8.07. The van der Waals surface area contributed by atoms with Crippen LogP contribution in [-0.2, 0) is 46.9 Å². The number of rotatable bonds is 3. The van der Waals surface area contributed by atoms with Crippen LogP contribution in [0.4, 0.5) is 14.9 Å². The number of nitrogens with two attached hydrogens (primary N) is 1. The van der Waals surface area contributed by atoms with E-state index < -0.39 is 15.9 Å². The molecule has 9 nitrogen and oxygen atoms in total. The van der Waals surface area contributed by atoms with Gasteiger partial charge in [0.2, 0.25) is 5.88 Å². The number of nitrogens with one attached hydrogen (secondary N) is 1. The van der Waals surface area contributed by atoms with Crippen LogP contribution < -0.4 is 15.2 Å². The molecule has 166 valence electrons. The minimum atomic E-state index is -3.60. The van der Waals surface area contributed by atoms with Crippen LogP contribution in [-0.4, -0.2) is 39.8 Å². The highest BCUT2D eigenvalue weighted by atomic mass is 32.2. The van der Waals surface area contributed by atoms with E-state index in [4.69, 9.17) is 14.6 Å². The van der Waals surface area contributed by atoms with Crippen molar-refractivity contribution >= 4 is 21.6 Å². The normalized spacial score (nSPS) is 20.9. The molecule has 1 aromatic carbocycles. The van der Waals surface area contributed by atoms with Crippen LogP contribution in [0.5, 0.6) is 5.88 Å². The summed E-state index contributed by atoms with van der Waals surface area (Å²) in [5, 5.41) is 12.9. The van der Waals surface area contributed by atoms with Crippen LogP contribution in [0.25, 0.3) is 0 Å². The summed E-state index contributed by atoms with van der Waals surface area (Å²) in [6.45, 7) is 0.673. The third kappa shape index (κ3) is 3.40. The third-order valence-corrected chi connectivity index (χ3v) is 7.56. The van der Waals surface area contributed by atoms with Gasteiger partial charge in [-0.15, -0.1) is 4.36 Å². The molecule has 0 spiro atoms. The Kier molecular flexibility index (Phi) is 4.98. The van der Waals surface area contributed by atoms with Crippen molar-refractivity contribution in [2.45, 2.75) is 56.1 Å². The van der Waals surface area contributed by atoms with Gasteiger partial charge < -0.3 is 14.8 Å². The summed E-state index contributed by atoms with van der Waals surface area (Å²) >= 11 is 0. The van der Waals surface area contributed by atoms with Crippen molar-refractivity contribution in [3.05, 3.63) is 34.3 Å². The smallest absolute Gasteiger partial charge is 0.354 e. The van der Waals surface area contributed by atoms with Crippen LogP contribution in [0.15, 0.2) is 15.5 Å². The van der Waals surface area contributed by atoms with E-state index in [9.17, 15) is 13.4 Å². The van der Waals surface area contributed by atoms with Gasteiger partial charge in [0.15, 0.2) is 9.92 Å². The highest BCUT2D eigenvalue weighted by Gasteiger charge is 2.31. The molecule has 0 bridgehead atoms. The summed E-state index contributed by atoms with van der Waals surface area (Å²) in [5.41, 5.74) is 3.61. The van der Waals surface area contributed by atoms with Crippen LogP contribution in [0.2, 0.25) is 0 Å². The number of methoxy groups -OCH3 is 1. The van der Waals surface area contributed by atoms with Crippen molar-refractivity contribution < 1.29 is 22.9 Å². The molecule has 0 radical (unpaired) electrons. The molecule has 31 heavy (non-hydrogen) atoms. The predicted molar refractivity (Wildman–Crippen MR) is 111 cm³/mol. The summed E-state index contributed by atoms with van der Waals surface area (Å²) in [7, 11) is -2.03. The molecule has 2 atom stereocenters. The fraction of sp³-hybridized carbons (Fsp3) is 0.500. The number of aromatic nitrogens is 2. The van der Waals surface area contributed by atoms with E-state index >= 15 is 0 Å². The highest BCUT2D eigenvalue weighted by molar-refractivity contribution is 7.91. The summed E-state index contributed by atoms with van der Waals surface area (Å²) in [6, 6.07) is -0.826. The zero-order chi connectivity index (χ0) is 21.8. The Balaban J connectivity index is 1.47. The number of amides is 2. The van der Waals surface area contributed by atoms with Gasteiger partial charge in [-0.05, 0) is 60.8 Å². The summed E-state index contributed by atoms with van der Waals surface area (Å²) < 4.78 is 44.1. The van der Waals surface area contributed by atoms with E-state index in [1.807, 2.05) is 0 Å². The molecular formula is C20H24FN5O4S. The lowest BCUT2D eigenvalue weighted by Crippen LogP contribution is -2.32. The Morgan fingerprint density at radius 3 is 2.58 bits per heavy atom. The first-order valence-electron chi connectivity index (χ1n) is 10.3. The number of nitrogens with zero attached hydrogens (tertiary/aromatic N) is 3.